The Labute approximate surface area is 140 Å². The van der Waals surface area contributed by atoms with E-state index in [1.54, 1.807) is 11.1 Å². The first-order valence-corrected chi connectivity index (χ1v) is 8.98. The molecule has 0 unspecified atom stereocenters. The summed E-state index contributed by atoms with van der Waals surface area (Å²) in [7, 11) is 1.44. The van der Waals surface area contributed by atoms with E-state index in [1.807, 2.05) is 12.3 Å². The van der Waals surface area contributed by atoms with E-state index < -0.39 is 5.41 Å². The number of carbonyl (C=O) groups excluding carboxylic acids is 2. The van der Waals surface area contributed by atoms with Gasteiger partial charge in [-0.2, -0.15) is 0 Å². The normalized spacial score (nSPS) is 28.1. The second-order valence-corrected chi connectivity index (χ2v) is 7.44. The highest BCUT2D eigenvalue weighted by atomic mass is 32.1. The third-order valence-corrected chi connectivity index (χ3v) is 6.12. The van der Waals surface area contributed by atoms with E-state index in [4.69, 9.17) is 4.74 Å². The first kappa shape index (κ1) is 16.2. The van der Waals surface area contributed by atoms with Crippen molar-refractivity contribution in [3.05, 3.63) is 16.6 Å². The Kier molecular flexibility index (Phi) is 4.57. The molecule has 0 aromatic carbocycles. The summed E-state index contributed by atoms with van der Waals surface area (Å²) in [4.78, 5) is 31.0. The van der Waals surface area contributed by atoms with Crippen molar-refractivity contribution >= 4 is 23.3 Å². The van der Waals surface area contributed by atoms with Crippen molar-refractivity contribution in [2.45, 2.75) is 38.6 Å². The van der Waals surface area contributed by atoms with Gasteiger partial charge in [0.15, 0.2) is 0 Å². The van der Waals surface area contributed by atoms with Crippen LogP contribution in [-0.4, -0.2) is 42.1 Å². The second kappa shape index (κ2) is 6.47. The molecular formula is C16H23N3O3S. The van der Waals surface area contributed by atoms with E-state index in [0.29, 0.717) is 13.1 Å². The van der Waals surface area contributed by atoms with Gasteiger partial charge in [-0.05, 0) is 25.7 Å². The molecule has 6 nitrogen and oxygen atoms in total. The quantitative estimate of drug-likeness (QED) is 0.861. The number of nitrogens with zero attached hydrogens (tertiary/aromatic N) is 2. The molecule has 1 aromatic rings. The maximum atomic E-state index is 12.6. The van der Waals surface area contributed by atoms with Gasteiger partial charge >= 0.3 is 12.0 Å². The summed E-state index contributed by atoms with van der Waals surface area (Å²) in [5.74, 6) is 0.0510. The Morgan fingerprint density at radius 1 is 1.52 bits per heavy atom. The maximum Gasteiger partial charge on any atom is 0.317 e. The van der Waals surface area contributed by atoms with Crippen LogP contribution < -0.4 is 5.32 Å². The highest BCUT2D eigenvalue weighted by Crippen LogP contribution is 2.47. The fourth-order valence-corrected chi connectivity index (χ4v) is 4.58. The van der Waals surface area contributed by atoms with Crippen molar-refractivity contribution in [2.24, 2.45) is 11.3 Å². The monoisotopic (exact) mass is 337 g/mol. The van der Waals surface area contributed by atoms with Crippen LogP contribution in [-0.2, 0) is 9.53 Å². The number of urea groups is 1. The SMILES string of the molecule is COC(=O)[C@@]12CCCC[C@@H]1CN(C(=O)N[C@H](C)c1nccs1)C2. The van der Waals surface area contributed by atoms with E-state index in [2.05, 4.69) is 10.3 Å². The van der Waals surface area contributed by atoms with Crippen LogP contribution in [0.15, 0.2) is 11.6 Å². The fourth-order valence-electron chi connectivity index (χ4n) is 3.93. The van der Waals surface area contributed by atoms with Crippen LogP contribution in [0.3, 0.4) is 0 Å². The lowest BCUT2D eigenvalue weighted by Gasteiger charge is -2.35. The summed E-state index contributed by atoms with van der Waals surface area (Å²) >= 11 is 1.52. The number of methoxy groups -OCH3 is 1. The van der Waals surface area contributed by atoms with Gasteiger partial charge in [0.05, 0.1) is 18.6 Å². The molecule has 1 saturated carbocycles. The number of ether oxygens (including phenoxy) is 1. The Morgan fingerprint density at radius 2 is 2.35 bits per heavy atom. The van der Waals surface area contributed by atoms with Gasteiger partial charge in [-0.1, -0.05) is 12.8 Å². The van der Waals surface area contributed by atoms with E-state index >= 15 is 0 Å². The first-order chi connectivity index (χ1) is 11.1. The van der Waals surface area contributed by atoms with E-state index in [9.17, 15) is 9.59 Å². The highest BCUT2D eigenvalue weighted by molar-refractivity contribution is 7.09. The van der Waals surface area contributed by atoms with E-state index in [0.717, 1.165) is 30.7 Å². The van der Waals surface area contributed by atoms with Crippen LogP contribution in [0.2, 0.25) is 0 Å². The first-order valence-electron chi connectivity index (χ1n) is 8.10. The number of likely N-dealkylation sites (tertiary alicyclic amines) is 1. The number of esters is 1. The topological polar surface area (TPSA) is 71.5 Å². The zero-order valence-electron chi connectivity index (χ0n) is 13.6. The number of aromatic nitrogens is 1. The van der Waals surface area contributed by atoms with Crippen LogP contribution in [0, 0.1) is 11.3 Å². The van der Waals surface area contributed by atoms with Crippen LogP contribution in [0.5, 0.6) is 0 Å². The molecule has 23 heavy (non-hydrogen) atoms. The number of thiazole rings is 1. The Hall–Kier alpha value is -1.63. The maximum absolute atomic E-state index is 12.6. The van der Waals surface area contributed by atoms with Gasteiger partial charge in [0, 0.05) is 24.7 Å². The number of carbonyl (C=O) groups is 2. The average Bonchev–Trinajstić information content (AvgIpc) is 3.21. The van der Waals surface area contributed by atoms with E-state index in [1.165, 1.54) is 18.4 Å². The van der Waals surface area contributed by atoms with Crippen molar-refractivity contribution in [2.75, 3.05) is 20.2 Å². The summed E-state index contributed by atoms with van der Waals surface area (Å²) in [5.41, 5.74) is -0.505. The molecule has 0 radical (unpaired) electrons. The molecule has 126 valence electrons. The third kappa shape index (κ3) is 2.94. The van der Waals surface area contributed by atoms with Crippen molar-refractivity contribution in [1.29, 1.82) is 0 Å². The second-order valence-electron chi connectivity index (χ2n) is 6.51. The molecule has 2 heterocycles. The molecule has 3 atom stereocenters. The summed E-state index contributed by atoms with van der Waals surface area (Å²) in [6, 6.07) is -0.246. The standard InChI is InChI=1S/C16H23N3O3S/c1-11(13-17-7-8-23-13)18-15(21)19-9-12-5-3-4-6-16(12,10-19)14(20)22-2/h7-8,11-12H,3-6,9-10H2,1-2H3,(H,18,21)/t11-,12-,16-/m1/s1. The number of rotatable bonds is 3. The molecule has 1 aliphatic carbocycles. The zero-order valence-corrected chi connectivity index (χ0v) is 14.4. The fraction of sp³-hybridized carbons (Fsp3) is 0.688. The van der Waals surface area contributed by atoms with E-state index in [-0.39, 0.29) is 24.0 Å². The smallest absolute Gasteiger partial charge is 0.317 e. The number of fused-ring (bicyclic) bond motifs is 1. The molecule has 1 N–H and O–H groups in total. The van der Waals surface area contributed by atoms with Gasteiger partial charge in [-0.3, -0.25) is 4.79 Å². The lowest BCUT2D eigenvalue weighted by molar-refractivity contribution is -0.156. The van der Waals surface area contributed by atoms with Gasteiger partial charge in [0.2, 0.25) is 0 Å². The molecule has 3 rings (SSSR count). The van der Waals surface area contributed by atoms with Gasteiger partial charge in [0.1, 0.15) is 5.01 Å². The van der Waals surface area contributed by atoms with Crippen LogP contribution >= 0.6 is 11.3 Å². The molecule has 1 aromatic heterocycles. The van der Waals surface area contributed by atoms with Crippen molar-refractivity contribution in [3.8, 4) is 0 Å². The van der Waals surface area contributed by atoms with Crippen LogP contribution in [0.1, 0.15) is 43.7 Å². The summed E-state index contributed by atoms with van der Waals surface area (Å²) in [5, 5.41) is 5.78. The molecule has 7 heteroatoms. The Balaban J connectivity index is 1.69. The summed E-state index contributed by atoms with van der Waals surface area (Å²) < 4.78 is 5.06. The zero-order chi connectivity index (χ0) is 16.4. The van der Waals surface area contributed by atoms with Crippen LogP contribution in [0.4, 0.5) is 4.79 Å². The summed E-state index contributed by atoms with van der Waals surface area (Å²) in [6.45, 7) is 3.02. The van der Waals surface area contributed by atoms with Crippen molar-refractivity contribution in [1.82, 2.24) is 15.2 Å². The highest BCUT2D eigenvalue weighted by Gasteiger charge is 2.54. The average molecular weight is 337 g/mol. The molecule has 1 aliphatic heterocycles. The predicted molar refractivity (Wildman–Crippen MR) is 87.0 cm³/mol. The minimum absolute atomic E-state index is 0.120. The molecule has 0 bridgehead atoms. The number of hydrogen-bond acceptors (Lipinski definition) is 5. The van der Waals surface area contributed by atoms with Crippen molar-refractivity contribution < 1.29 is 14.3 Å². The van der Waals surface area contributed by atoms with Crippen molar-refractivity contribution in [3.63, 3.8) is 0 Å². The molecule has 0 spiro atoms. The molecule has 2 fully saturated rings. The third-order valence-electron chi connectivity index (χ3n) is 5.16. The molecule has 1 saturated heterocycles. The lowest BCUT2D eigenvalue weighted by Crippen LogP contribution is -2.44. The minimum Gasteiger partial charge on any atom is -0.469 e. The Morgan fingerprint density at radius 3 is 3.04 bits per heavy atom. The van der Waals surface area contributed by atoms with Gasteiger partial charge in [-0.25, -0.2) is 9.78 Å². The summed E-state index contributed by atoms with van der Waals surface area (Å²) in [6.07, 6.45) is 5.68. The molecule has 2 amide bonds. The Bertz CT molecular complexity index is 577. The van der Waals surface area contributed by atoms with Gasteiger partial charge in [-0.15, -0.1) is 11.3 Å². The van der Waals surface area contributed by atoms with Gasteiger partial charge in [0.25, 0.3) is 0 Å². The number of hydrogen-bond donors (Lipinski definition) is 1. The number of nitrogens with one attached hydrogen (secondary N) is 1. The predicted octanol–water partition coefficient (Wildman–Crippen LogP) is 2.58. The molecule has 2 aliphatic rings. The molecular weight excluding hydrogens is 314 g/mol. The number of amides is 2. The van der Waals surface area contributed by atoms with Gasteiger partial charge < -0.3 is 15.0 Å². The lowest BCUT2D eigenvalue weighted by atomic mass is 9.68. The van der Waals surface area contributed by atoms with Crippen LogP contribution in [0.25, 0.3) is 0 Å². The largest absolute Gasteiger partial charge is 0.469 e. The minimum atomic E-state index is -0.505.